The molecule has 0 radical (unpaired) electrons. The van der Waals surface area contributed by atoms with Crippen molar-refractivity contribution >= 4 is 27.5 Å². The molecule has 124 valence electrons. The molecule has 0 unspecified atom stereocenters. The van der Waals surface area contributed by atoms with Crippen LogP contribution in [0.4, 0.5) is 0 Å². The minimum absolute atomic E-state index is 0.0995. The minimum Gasteiger partial charge on any atom is -0.319 e. The highest BCUT2D eigenvalue weighted by Gasteiger charge is 2.09. The van der Waals surface area contributed by atoms with E-state index in [9.17, 15) is 4.79 Å². The number of carbonyl (C=O) groups excluding carboxylic acids is 1. The average Bonchev–Trinajstić information content (AvgIpc) is 2.79. The van der Waals surface area contributed by atoms with Gasteiger partial charge in [0.2, 0.25) is 0 Å². The molecule has 0 spiro atoms. The van der Waals surface area contributed by atoms with Crippen molar-refractivity contribution in [1.82, 2.24) is 4.57 Å². The first-order chi connectivity index (χ1) is 11.3. The van der Waals surface area contributed by atoms with Crippen molar-refractivity contribution in [2.24, 2.45) is 12.0 Å². The molecule has 0 aliphatic heterocycles. The lowest BCUT2D eigenvalue weighted by molar-refractivity contribution is -0.117. The van der Waals surface area contributed by atoms with Gasteiger partial charge in [0.1, 0.15) is 0 Å². The average molecular weight is 338 g/mol. The van der Waals surface area contributed by atoms with Crippen molar-refractivity contribution in [3.63, 3.8) is 0 Å². The molecular formula is C20H22N2OS. The van der Waals surface area contributed by atoms with Crippen LogP contribution in [0.3, 0.4) is 0 Å². The van der Waals surface area contributed by atoms with Gasteiger partial charge in [0.05, 0.1) is 16.6 Å². The lowest BCUT2D eigenvalue weighted by Crippen LogP contribution is -2.14. The zero-order valence-electron chi connectivity index (χ0n) is 14.8. The molecule has 0 bridgehead atoms. The number of rotatable bonds is 2. The van der Waals surface area contributed by atoms with Gasteiger partial charge in [0.25, 0.3) is 5.91 Å². The lowest BCUT2D eigenvalue weighted by Gasteiger charge is -2.04. The van der Waals surface area contributed by atoms with Crippen molar-refractivity contribution in [2.75, 3.05) is 0 Å². The molecule has 3 rings (SSSR count). The number of fused-ring (bicyclic) bond motifs is 1. The number of carbonyl (C=O) groups is 1. The molecular weight excluding hydrogens is 316 g/mol. The molecule has 2 aromatic carbocycles. The molecule has 0 atom stereocenters. The summed E-state index contributed by atoms with van der Waals surface area (Å²) in [6.07, 6.45) is 0.346. The van der Waals surface area contributed by atoms with Crippen LogP contribution in [0.1, 0.15) is 27.8 Å². The van der Waals surface area contributed by atoms with Gasteiger partial charge in [-0.3, -0.25) is 4.79 Å². The van der Waals surface area contributed by atoms with Crippen molar-refractivity contribution in [3.8, 4) is 0 Å². The molecule has 0 aliphatic rings. The van der Waals surface area contributed by atoms with Crippen molar-refractivity contribution in [2.45, 2.75) is 34.1 Å². The van der Waals surface area contributed by atoms with Gasteiger partial charge < -0.3 is 4.57 Å². The highest BCUT2D eigenvalue weighted by atomic mass is 32.1. The Morgan fingerprint density at radius 2 is 1.75 bits per heavy atom. The molecule has 1 aromatic heterocycles. The van der Waals surface area contributed by atoms with Gasteiger partial charge in [0, 0.05) is 7.05 Å². The number of amides is 1. The summed E-state index contributed by atoms with van der Waals surface area (Å²) < 4.78 is 3.17. The highest BCUT2D eigenvalue weighted by molar-refractivity contribution is 7.16. The van der Waals surface area contributed by atoms with Gasteiger partial charge in [-0.1, -0.05) is 35.1 Å². The largest absolute Gasteiger partial charge is 0.319 e. The summed E-state index contributed by atoms with van der Waals surface area (Å²) in [7, 11) is 1.97. The maximum atomic E-state index is 12.4. The zero-order chi connectivity index (χ0) is 17.4. The Morgan fingerprint density at radius 1 is 1.04 bits per heavy atom. The fraction of sp³-hybridized carbons (Fsp3) is 0.300. The summed E-state index contributed by atoms with van der Waals surface area (Å²) in [5.41, 5.74) is 7.04. The quantitative estimate of drug-likeness (QED) is 0.691. The number of aryl methyl sites for hydroxylation is 5. The van der Waals surface area contributed by atoms with E-state index in [0.717, 1.165) is 21.4 Å². The van der Waals surface area contributed by atoms with Gasteiger partial charge in [-0.05, 0) is 62.1 Å². The SMILES string of the molecule is Cc1ccc(CC(=O)N=c2sc3cc(C)c(C)cc3n2C)c(C)c1. The van der Waals surface area contributed by atoms with Crippen LogP contribution in [0.25, 0.3) is 10.2 Å². The Labute approximate surface area is 146 Å². The first kappa shape index (κ1) is 16.7. The van der Waals surface area contributed by atoms with Crippen LogP contribution in [0.5, 0.6) is 0 Å². The molecule has 0 aliphatic carbocycles. The second-order valence-electron chi connectivity index (χ2n) is 6.46. The first-order valence-electron chi connectivity index (χ1n) is 8.05. The number of thiazole rings is 1. The van der Waals surface area contributed by atoms with Gasteiger partial charge in [0.15, 0.2) is 4.80 Å². The standard InChI is InChI=1S/C20H22N2OS/c1-12-6-7-16(15(4)8-12)11-19(23)21-20-22(5)17-9-13(2)14(3)10-18(17)24-20/h6-10H,11H2,1-5H3. The molecule has 0 saturated heterocycles. The molecule has 3 nitrogen and oxygen atoms in total. The maximum absolute atomic E-state index is 12.4. The van der Waals surface area contributed by atoms with E-state index < -0.39 is 0 Å². The number of benzene rings is 2. The summed E-state index contributed by atoms with van der Waals surface area (Å²) in [5, 5.41) is 0. The molecule has 3 aromatic rings. The molecule has 24 heavy (non-hydrogen) atoms. The Morgan fingerprint density at radius 3 is 2.46 bits per heavy atom. The van der Waals surface area contributed by atoms with Crippen LogP contribution < -0.4 is 4.80 Å². The Bertz CT molecular complexity index is 1010. The third kappa shape index (κ3) is 3.20. The molecule has 0 N–H and O–H groups in total. The second kappa shape index (κ2) is 6.36. The lowest BCUT2D eigenvalue weighted by atomic mass is 10.0. The van der Waals surface area contributed by atoms with Gasteiger partial charge in [-0.25, -0.2) is 0 Å². The molecule has 1 amide bonds. The van der Waals surface area contributed by atoms with Crippen LogP contribution in [0.15, 0.2) is 35.3 Å². The van der Waals surface area contributed by atoms with E-state index in [4.69, 9.17) is 0 Å². The molecule has 1 heterocycles. The van der Waals surface area contributed by atoms with Crippen LogP contribution in [-0.2, 0) is 18.3 Å². The van der Waals surface area contributed by atoms with E-state index in [1.165, 1.54) is 21.4 Å². The minimum atomic E-state index is -0.0995. The van der Waals surface area contributed by atoms with E-state index in [2.05, 4.69) is 44.0 Å². The number of aromatic nitrogens is 1. The van der Waals surface area contributed by atoms with E-state index in [-0.39, 0.29) is 5.91 Å². The van der Waals surface area contributed by atoms with E-state index in [1.54, 1.807) is 11.3 Å². The number of hydrogen-bond acceptors (Lipinski definition) is 2. The summed E-state index contributed by atoms with van der Waals surface area (Å²) in [6.45, 7) is 8.32. The predicted octanol–water partition coefficient (Wildman–Crippen LogP) is 4.14. The highest BCUT2D eigenvalue weighted by Crippen LogP contribution is 2.21. The topological polar surface area (TPSA) is 34.4 Å². The maximum Gasteiger partial charge on any atom is 0.252 e. The first-order valence-corrected chi connectivity index (χ1v) is 8.87. The number of hydrogen-bond donors (Lipinski definition) is 0. The van der Waals surface area contributed by atoms with E-state index in [0.29, 0.717) is 6.42 Å². The van der Waals surface area contributed by atoms with Crippen LogP contribution >= 0.6 is 11.3 Å². The van der Waals surface area contributed by atoms with Crippen LogP contribution in [0, 0.1) is 27.7 Å². The van der Waals surface area contributed by atoms with E-state index in [1.807, 2.05) is 30.7 Å². The van der Waals surface area contributed by atoms with Gasteiger partial charge in [-0.15, -0.1) is 0 Å². The molecule has 4 heteroatoms. The van der Waals surface area contributed by atoms with Crippen LogP contribution in [0.2, 0.25) is 0 Å². The normalized spacial score (nSPS) is 12.1. The number of nitrogens with zero attached hydrogens (tertiary/aromatic N) is 2. The summed E-state index contributed by atoms with van der Waals surface area (Å²) in [4.78, 5) is 17.5. The van der Waals surface area contributed by atoms with Crippen molar-refractivity contribution in [1.29, 1.82) is 0 Å². The molecule has 0 fully saturated rings. The Balaban J connectivity index is 1.97. The van der Waals surface area contributed by atoms with Crippen LogP contribution in [-0.4, -0.2) is 10.5 Å². The molecule has 0 saturated carbocycles. The van der Waals surface area contributed by atoms with Gasteiger partial charge >= 0.3 is 0 Å². The Kier molecular flexibility index (Phi) is 4.41. The summed E-state index contributed by atoms with van der Waals surface area (Å²) >= 11 is 1.57. The second-order valence-corrected chi connectivity index (χ2v) is 7.47. The summed E-state index contributed by atoms with van der Waals surface area (Å²) in [5.74, 6) is -0.0995. The van der Waals surface area contributed by atoms with Gasteiger partial charge in [-0.2, -0.15) is 4.99 Å². The third-order valence-corrected chi connectivity index (χ3v) is 5.58. The zero-order valence-corrected chi connectivity index (χ0v) is 15.6. The van der Waals surface area contributed by atoms with Crippen molar-refractivity contribution in [3.05, 3.63) is 63.0 Å². The fourth-order valence-electron chi connectivity index (χ4n) is 2.84. The smallest absolute Gasteiger partial charge is 0.252 e. The van der Waals surface area contributed by atoms with E-state index >= 15 is 0 Å². The monoisotopic (exact) mass is 338 g/mol. The van der Waals surface area contributed by atoms with Crippen molar-refractivity contribution < 1.29 is 4.79 Å². The third-order valence-electron chi connectivity index (χ3n) is 4.48. The summed E-state index contributed by atoms with van der Waals surface area (Å²) in [6, 6.07) is 10.5. The fourth-order valence-corrected chi connectivity index (χ4v) is 3.95. The predicted molar refractivity (Wildman–Crippen MR) is 100 cm³/mol. The Hall–Kier alpha value is -2.20.